The lowest BCUT2D eigenvalue weighted by Gasteiger charge is -2.04. The van der Waals surface area contributed by atoms with Crippen LogP contribution in [-0.2, 0) is 9.53 Å². The maximum Gasteiger partial charge on any atom is 0.351 e. The van der Waals surface area contributed by atoms with Crippen molar-refractivity contribution in [1.29, 1.82) is 5.26 Å². The number of hydrogen-bond acceptors (Lipinski definition) is 7. The van der Waals surface area contributed by atoms with Gasteiger partial charge in [0.1, 0.15) is 22.8 Å². The third kappa shape index (κ3) is 3.44. The number of ketones is 1. The first-order chi connectivity index (χ1) is 10.9. The summed E-state index contributed by atoms with van der Waals surface area (Å²) in [7, 11) is 0. The van der Waals surface area contributed by atoms with E-state index in [1.54, 1.807) is 30.3 Å². The predicted octanol–water partition coefficient (Wildman–Crippen LogP) is 1.28. The minimum absolute atomic E-state index is 0.0266. The highest BCUT2D eigenvalue weighted by molar-refractivity contribution is 6.02. The van der Waals surface area contributed by atoms with Gasteiger partial charge in [-0.05, 0) is 19.1 Å². The topological polar surface area (TPSA) is 123 Å². The molecule has 0 unspecified atom stereocenters. The van der Waals surface area contributed by atoms with Crippen molar-refractivity contribution in [2.75, 3.05) is 6.61 Å². The highest BCUT2D eigenvalue weighted by Gasteiger charge is 2.18. The fourth-order valence-corrected chi connectivity index (χ4v) is 1.86. The van der Waals surface area contributed by atoms with Crippen molar-refractivity contribution in [2.24, 2.45) is 5.73 Å². The standard InChI is InChI=1S/C16H12N2O5/c1-9(18)12(7-17)13(19)8-22-15(20)11-6-10-4-2-3-5-14(10)23-16(11)21/h2-6H,8,18H2,1H3/b12-9+. The Balaban J connectivity index is 2.21. The van der Waals surface area contributed by atoms with Crippen molar-refractivity contribution >= 4 is 22.7 Å². The molecule has 0 bridgehead atoms. The Morgan fingerprint density at radius 1 is 1.35 bits per heavy atom. The van der Waals surface area contributed by atoms with Crippen LogP contribution in [-0.4, -0.2) is 18.4 Å². The minimum atomic E-state index is -1.01. The lowest BCUT2D eigenvalue weighted by molar-refractivity contribution is -0.118. The highest BCUT2D eigenvalue weighted by atomic mass is 16.5. The first kappa shape index (κ1) is 16.0. The summed E-state index contributed by atoms with van der Waals surface area (Å²) in [5, 5.41) is 9.34. The first-order valence-corrected chi connectivity index (χ1v) is 6.53. The summed E-state index contributed by atoms with van der Waals surface area (Å²) in [6.45, 7) is 0.693. The molecular weight excluding hydrogens is 300 g/mol. The van der Waals surface area contributed by atoms with Crippen molar-refractivity contribution in [2.45, 2.75) is 6.92 Å². The first-order valence-electron chi connectivity index (χ1n) is 6.53. The summed E-state index contributed by atoms with van der Waals surface area (Å²) in [5.41, 5.74) is 4.25. The molecule has 0 spiro atoms. The molecule has 0 saturated heterocycles. The number of carbonyl (C=O) groups excluding carboxylic acids is 2. The minimum Gasteiger partial charge on any atom is -0.453 e. The SMILES string of the molecule is C/C(N)=C(/C#N)C(=O)COC(=O)c1cc2ccccc2oc1=O. The van der Waals surface area contributed by atoms with Gasteiger partial charge in [0.15, 0.2) is 6.61 Å². The second-order valence-electron chi connectivity index (χ2n) is 4.65. The number of nitrogens with two attached hydrogens (primary N) is 1. The van der Waals surface area contributed by atoms with Crippen molar-refractivity contribution in [1.82, 2.24) is 0 Å². The molecule has 0 aliphatic rings. The number of rotatable bonds is 4. The van der Waals surface area contributed by atoms with Gasteiger partial charge in [-0.25, -0.2) is 9.59 Å². The predicted molar refractivity (Wildman–Crippen MR) is 80.3 cm³/mol. The number of para-hydroxylation sites is 1. The van der Waals surface area contributed by atoms with Gasteiger partial charge in [0.05, 0.1) is 0 Å². The molecule has 7 heteroatoms. The zero-order valence-corrected chi connectivity index (χ0v) is 12.2. The molecule has 0 fully saturated rings. The number of carbonyl (C=O) groups is 2. The molecule has 0 radical (unpaired) electrons. The number of nitriles is 1. The van der Waals surface area contributed by atoms with Gasteiger partial charge in [-0.2, -0.15) is 5.26 Å². The zero-order chi connectivity index (χ0) is 17.0. The number of Topliss-reactive ketones (excluding diaryl/α,β-unsaturated/α-hetero) is 1. The van der Waals surface area contributed by atoms with Crippen LogP contribution < -0.4 is 11.4 Å². The van der Waals surface area contributed by atoms with Crippen LogP contribution in [0.1, 0.15) is 17.3 Å². The quantitative estimate of drug-likeness (QED) is 0.390. The number of benzene rings is 1. The average molecular weight is 312 g/mol. The van der Waals surface area contributed by atoms with Crippen LogP contribution in [0.25, 0.3) is 11.0 Å². The number of esters is 1. The molecule has 1 heterocycles. The van der Waals surface area contributed by atoms with E-state index in [0.717, 1.165) is 0 Å². The Kier molecular flexibility index (Phi) is 4.57. The van der Waals surface area contributed by atoms with Gasteiger partial charge in [-0.15, -0.1) is 0 Å². The molecule has 2 rings (SSSR count). The molecule has 7 nitrogen and oxygen atoms in total. The lowest BCUT2D eigenvalue weighted by atomic mass is 10.1. The monoisotopic (exact) mass is 312 g/mol. The van der Waals surface area contributed by atoms with Gasteiger partial charge in [-0.3, -0.25) is 4.79 Å². The fourth-order valence-electron chi connectivity index (χ4n) is 1.86. The van der Waals surface area contributed by atoms with E-state index in [9.17, 15) is 14.4 Å². The summed E-state index contributed by atoms with van der Waals surface area (Å²) in [6, 6.07) is 9.61. The van der Waals surface area contributed by atoms with Crippen LogP contribution in [0.4, 0.5) is 0 Å². The van der Waals surface area contributed by atoms with Crippen LogP contribution in [0, 0.1) is 11.3 Å². The van der Waals surface area contributed by atoms with Gasteiger partial charge in [0.2, 0.25) is 5.78 Å². The molecule has 2 aromatic rings. The van der Waals surface area contributed by atoms with Crippen molar-refractivity contribution < 1.29 is 18.7 Å². The Labute approximate surface area is 130 Å². The molecule has 23 heavy (non-hydrogen) atoms. The third-order valence-corrected chi connectivity index (χ3v) is 2.98. The molecule has 0 amide bonds. The van der Waals surface area contributed by atoms with E-state index in [0.29, 0.717) is 11.0 Å². The van der Waals surface area contributed by atoms with Gasteiger partial charge < -0.3 is 14.9 Å². The summed E-state index contributed by atoms with van der Waals surface area (Å²) in [4.78, 5) is 35.4. The Morgan fingerprint density at radius 3 is 2.70 bits per heavy atom. The van der Waals surface area contributed by atoms with Crippen molar-refractivity contribution in [3.05, 3.63) is 57.6 Å². The number of allylic oxidation sites excluding steroid dienone is 1. The second-order valence-corrected chi connectivity index (χ2v) is 4.65. The smallest absolute Gasteiger partial charge is 0.351 e. The van der Waals surface area contributed by atoms with E-state index in [1.165, 1.54) is 13.0 Å². The van der Waals surface area contributed by atoms with Crippen LogP contribution in [0.5, 0.6) is 0 Å². The molecule has 0 aliphatic heterocycles. The van der Waals surface area contributed by atoms with Gasteiger partial charge >= 0.3 is 11.6 Å². The Bertz CT molecular complexity index is 914. The van der Waals surface area contributed by atoms with E-state index in [2.05, 4.69) is 0 Å². The van der Waals surface area contributed by atoms with Crippen LogP contribution in [0.2, 0.25) is 0 Å². The summed E-state index contributed by atoms with van der Waals surface area (Å²) in [5.74, 6) is -1.75. The third-order valence-electron chi connectivity index (χ3n) is 2.98. The number of ether oxygens (including phenoxy) is 1. The normalized spacial score (nSPS) is 11.5. The van der Waals surface area contributed by atoms with E-state index in [1.807, 2.05) is 0 Å². The molecule has 2 N–H and O–H groups in total. The highest BCUT2D eigenvalue weighted by Crippen LogP contribution is 2.13. The number of nitrogens with zero attached hydrogens (tertiary/aromatic N) is 1. The molecular formula is C16H12N2O5. The van der Waals surface area contributed by atoms with E-state index >= 15 is 0 Å². The van der Waals surface area contributed by atoms with Gasteiger partial charge in [0.25, 0.3) is 0 Å². The van der Waals surface area contributed by atoms with Crippen molar-refractivity contribution in [3.63, 3.8) is 0 Å². The van der Waals surface area contributed by atoms with Gasteiger partial charge in [0, 0.05) is 11.1 Å². The molecule has 0 saturated carbocycles. The van der Waals surface area contributed by atoms with Crippen LogP contribution in [0.15, 0.2) is 50.8 Å². The fraction of sp³-hybridized carbons (Fsp3) is 0.125. The van der Waals surface area contributed by atoms with E-state index in [-0.39, 0.29) is 16.8 Å². The second kappa shape index (κ2) is 6.58. The molecule has 1 aromatic carbocycles. The Morgan fingerprint density at radius 2 is 2.04 bits per heavy atom. The van der Waals surface area contributed by atoms with Crippen LogP contribution >= 0.6 is 0 Å². The summed E-state index contributed by atoms with van der Waals surface area (Å²) >= 11 is 0. The van der Waals surface area contributed by atoms with Crippen LogP contribution in [0.3, 0.4) is 0 Å². The lowest BCUT2D eigenvalue weighted by Crippen LogP contribution is -2.21. The summed E-state index contributed by atoms with van der Waals surface area (Å²) in [6.07, 6.45) is 0. The van der Waals surface area contributed by atoms with Gasteiger partial charge in [-0.1, -0.05) is 18.2 Å². The molecule has 0 atom stereocenters. The largest absolute Gasteiger partial charge is 0.453 e. The summed E-state index contributed by atoms with van der Waals surface area (Å²) < 4.78 is 9.77. The molecule has 1 aromatic heterocycles. The van der Waals surface area contributed by atoms with Crippen molar-refractivity contribution in [3.8, 4) is 6.07 Å². The zero-order valence-electron chi connectivity index (χ0n) is 12.2. The Hall–Kier alpha value is -3.40. The van der Waals surface area contributed by atoms with E-state index in [4.69, 9.17) is 20.1 Å². The number of fused-ring (bicyclic) bond motifs is 1. The molecule has 116 valence electrons. The average Bonchev–Trinajstić information content (AvgIpc) is 2.52. The maximum atomic E-state index is 11.9. The molecule has 0 aliphatic carbocycles. The maximum absolute atomic E-state index is 11.9. The van der Waals surface area contributed by atoms with E-state index < -0.39 is 24.0 Å². The number of hydrogen-bond donors (Lipinski definition) is 1.